The number of carbonyl (C=O) groups excluding carboxylic acids is 1. The van der Waals surface area contributed by atoms with Gasteiger partial charge in [0, 0.05) is 6.54 Å². The SMILES string of the molecule is CC1NC[C@@H](O)[C@H](C(=O)[O-])N1. The molecular weight excluding hydrogens is 148 g/mol. The Balaban J connectivity index is 2.54. The molecule has 0 bridgehead atoms. The lowest BCUT2D eigenvalue weighted by Gasteiger charge is -2.34. The van der Waals surface area contributed by atoms with E-state index in [1.807, 2.05) is 0 Å². The molecule has 0 aromatic rings. The molecule has 0 aromatic heterocycles. The molecule has 1 rings (SSSR count). The summed E-state index contributed by atoms with van der Waals surface area (Å²) in [6, 6.07) is -0.953. The highest BCUT2D eigenvalue weighted by molar-refractivity contribution is 5.72. The van der Waals surface area contributed by atoms with E-state index in [0.29, 0.717) is 0 Å². The van der Waals surface area contributed by atoms with Gasteiger partial charge >= 0.3 is 0 Å². The molecule has 1 saturated heterocycles. The number of hydrogen-bond acceptors (Lipinski definition) is 5. The molecule has 64 valence electrons. The Bertz CT molecular complexity index is 162. The smallest absolute Gasteiger partial charge is 0.0871 e. The molecule has 11 heavy (non-hydrogen) atoms. The minimum Gasteiger partial charge on any atom is -0.548 e. The van der Waals surface area contributed by atoms with Crippen LogP contribution in [0.1, 0.15) is 6.92 Å². The van der Waals surface area contributed by atoms with Crippen LogP contribution in [0.5, 0.6) is 0 Å². The van der Waals surface area contributed by atoms with Crippen LogP contribution in [-0.4, -0.2) is 35.9 Å². The van der Waals surface area contributed by atoms with Crippen molar-refractivity contribution in [1.82, 2.24) is 10.6 Å². The molecular formula is C6H11N2O3-. The predicted molar refractivity (Wildman–Crippen MR) is 35.4 cm³/mol. The lowest BCUT2D eigenvalue weighted by molar-refractivity contribution is -0.311. The molecule has 1 unspecified atom stereocenters. The standard InChI is InChI=1S/C6H12N2O3/c1-3-7-2-4(9)5(8-3)6(10)11/h3-5,7-9H,2H2,1H3,(H,10,11)/p-1/t3?,4-,5-/m1/s1. The van der Waals surface area contributed by atoms with Crippen LogP contribution in [0.2, 0.25) is 0 Å². The van der Waals surface area contributed by atoms with Crippen LogP contribution in [0.3, 0.4) is 0 Å². The van der Waals surface area contributed by atoms with Gasteiger partial charge < -0.3 is 15.0 Å². The second-order valence-electron chi connectivity index (χ2n) is 2.66. The summed E-state index contributed by atoms with van der Waals surface area (Å²) in [5.41, 5.74) is 0. The van der Waals surface area contributed by atoms with Crippen molar-refractivity contribution < 1.29 is 15.0 Å². The first kappa shape index (κ1) is 8.45. The van der Waals surface area contributed by atoms with Crippen LogP contribution < -0.4 is 15.7 Å². The number of nitrogens with one attached hydrogen (secondary N) is 2. The zero-order chi connectivity index (χ0) is 8.43. The van der Waals surface area contributed by atoms with Gasteiger partial charge in [0.15, 0.2) is 0 Å². The van der Waals surface area contributed by atoms with Crippen molar-refractivity contribution in [3.8, 4) is 0 Å². The van der Waals surface area contributed by atoms with Gasteiger partial charge in [0.2, 0.25) is 0 Å². The van der Waals surface area contributed by atoms with E-state index in [0.717, 1.165) is 0 Å². The Morgan fingerprint density at radius 1 is 1.73 bits per heavy atom. The van der Waals surface area contributed by atoms with E-state index in [-0.39, 0.29) is 12.7 Å². The first-order valence-electron chi connectivity index (χ1n) is 3.49. The van der Waals surface area contributed by atoms with Crippen molar-refractivity contribution in [2.45, 2.75) is 25.2 Å². The highest BCUT2D eigenvalue weighted by Crippen LogP contribution is 1.98. The summed E-state index contributed by atoms with van der Waals surface area (Å²) >= 11 is 0. The highest BCUT2D eigenvalue weighted by atomic mass is 16.4. The van der Waals surface area contributed by atoms with Crippen molar-refractivity contribution in [3.63, 3.8) is 0 Å². The summed E-state index contributed by atoms with van der Waals surface area (Å²) < 4.78 is 0. The molecule has 0 spiro atoms. The zero-order valence-electron chi connectivity index (χ0n) is 6.20. The zero-order valence-corrected chi connectivity index (χ0v) is 6.20. The molecule has 0 amide bonds. The van der Waals surface area contributed by atoms with Gasteiger partial charge in [0.05, 0.1) is 24.3 Å². The number of β-amino-alcohol motifs (C(OH)–C–C–N with tert-alkyl or cyclic N) is 1. The molecule has 3 N–H and O–H groups in total. The molecule has 1 fully saturated rings. The lowest BCUT2D eigenvalue weighted by Crippen LogP contribution is -2.65. The van der Waals surface area contributed by atoms with Crippen molar-refractivity contribution in [2.24, 2.45) is 0 Å². The van der Waals surface area contributed by atoms with E-state index in [2.05, 4.69) is 10.6 Å². The average Bonchev–Trinajstić information content (AvgIpc) is 1.94. The van der Waals surface area contributed by atoms with E-state index in [9.17, 15) is 9.90 Å². The first-order chi connectivity index (χ1) is 5.11. The number of aliphatic carboxylic acids is 1. The lowest BCUT2D eigenvalue weighted by atomic mass is 10.1. The van der Waals surface area contributed by atoms with Gasteiger partial charge in [-0.3, -0.25) is 10.6 Å². The Hall–Kier alpha value is -0.650. The van der Waals surface area contributed by atoms with Gasteiger partial charge in [0.1, 0.15) is 0 Å². The summed E-state index contributed by atoms with van der Waals surface area (Å²) in [5.74, 6) is -1.26. The average molecular weight is 159 g/mol. The monoisotopic (exact) mass is 159 g/mol. The normalized spacial score (nSPS) is 38.5. The number of carboxylic acid groups (broad SMARTS) is 1. The molecule has 0 aliphatic carbocycles. The van der Waals surface area contributed by atoms with Gasteiger partial charge in [-0.2, -0.15) is 0 Å². The molecule has 0 saturated carbocycles. The maximum atomic E-state index is 10.3. The van der Waals surface area contributed by atoms with Crippen molar-refractivity contribution >= 4 is 5.97 Å². The maximum Gasteiger partial charge on any atom is 0.0871 e. The molecule has 0 aromatic carbocycles. The fourth-order valence-corrected chi connectivity index (χ4v) is 1.08. The summed E-state index contributed by atoms with van der Waals surface area (Å²) in [5, 5.41) is 25.0. The van der Waals surface area contributed by atoms with Crippen LogP contribution in [0.15, 0.2) is 0 Å². The molecule has 5 heteroatoms. The van der Waals surface area contributed by atoms with E-state index < -0.39 is 18.1 Å². The Morgan fingerprint density at radius 3 is 2.82 bits per heavy atom. The Labute approximate surface area is 64.4 Å². The number of aliphatic hydroxyl groups is 1. The van der Waals surface area contributed by atoms with Crippen molar-refractivity contribution in [1.29, 1.82) is 0 Å². The predicted octanol–water partition coefficient (Wildman–Crippen LogP) is -3.00. The summed E-state index contributed by atoms with van der Waals surface area (Å²) in [6.07, 6.45) is -1.00. The van der Waals surface area contributed by atoms with Gasteiger partial charge in [-0.15, -0.1) is 0 Å². The van der Waals surface area contributed by atoms with Crippen molar-refractivity contribution in [3.05, 3.63) is 0 Å². The second-order valence-corrected chi connectivity index (χ2v) is 2.66. The molecule has 0 radical (unpaired) electrons. The van der Waals surface area contributed by atoms with E-state index in [4.69, 9.17) is 5.11 Å². The first-order valence-corrected chi connectivity index (χ1v) is 3.49. The quantitative estimate of drug-likeness (QED) is 0.380. The number of rotatable bonds is 1. The van der Waals surface area contributed by atoms with Crippen LogP contribution in [0.25, 0.3) is 0 Å². The van der Waals surface area contributed by atoms with Gasteiger partial charge in [-0.1, -0.05) is 0 Å². The minimum atomic E-state index is -1.26. The van der Waals surface area contributed by atoms with Crippen molar-refractivity contribution in [2.75, 3.05) is 6.54 Å². The molecule has 1 heterocycles. The third kappa shape index (κ3) is 1.89. The van der Waals surface area contributed by atoms with Crippen LogP contribution >= 0.6 is 0 Å². The van der Waals surface area contributed by atoms with Crippen LogP contribution in [0.4, 0.5) is 0 Å². The summed E-state index contributed by atoms with van der Waals surface area (Å²) in [7, 11) is 0. The highest BCUT2D eigenvalue weighted by Gasteiger charge is 2.26. The van der Waals surface area contributed by atoms with E-state index in [1.54, 1.807) is 6.92 Å². The number of carbonyl (C=O) groups is 1. The third-order valence-electron chi connectivity index (χ3n) is 1.70. The van der Waals surface area contributed by atoms with Gasteiger partial charge in [-0.25, -0.2) is 0 Å². The molecule has 3 atom stereocenters. The molecule has 1 aliphatic heterocycles. The summed E-state index contributed by atoms with van der Waals surface area (Å²) in [6.45, 7) is 2.06. The minimum absolute atomic E-state index is 0.0960. The number of carboxylic acids is 1. The topological polar surface area (TPSA) is 84.4 Å². The number of aliphatic hydroxyl groups excluding tert-OH is 1. The largest absolute Gasteiger partial charge is 0.548 e. The molecule has 5 nitrogen and oxygen atoms in total. The van der Waals surface area contributed by atoms with E-state index >= 15 is 0 Å². The maximum absolute atomic E-state index is 10.3. The third-order valence-corrected chi connectivity index (χ3v) is 1.70. The fraction of sp³-hybridized carbons (Fsp3) is 0.833. The second kappa shape index (κ2) is 3.17. The fourth-order valence-electron chi connectivity index (χ4n) is 1.08. The van der Waals surface area contributed by atoms with Gasteiger partial charge in [0.25, 0.3) is 0 Å². The van der Waals surface area contributed by atoms with Gasteiger partial charge in [-0.05, 0) is 6.92 Å². The van der Waals surface area contributed by atoms with Crippen LogP contribution in [0, 0.1) is 0 Å². The van der Waals surface area contributed by atoms with E-state index in [1.165, 1.54) is 0 Å². The number of hydrogen-bond donors (Lipinski definition) is 3. The van der Waals surface area contributed by atoms with Crippen LogP contribution in [-0.2, 0) is 4.79 Å². The molecule has 1 aliphatic rings. The Morgan fingerprint density at radius 2 is 2.36 bits per heavy atom. The summed E-state index contributed by atoms with van der Waals surface area (Å²) in [4.78, 5) is 10.3. The Kier molecular flexibility index (Phi) is 2.43.